The number of rotatable bonds is 4. The average Bonchev–Trinajstić information content (AvgIpc) is 2.99. The van der Waals surface area contributed by atoms with Crippen LogP contribution in [0.2, 0.25) is 0 Å². The van der Waals surface area contributed by atoms with Crippen LogP contribution in [-0.4, -0.2) is 16.4 Å². The molecule has 0 saturated heterocycles. The molecule has 0 saturated carbocycles. The van der Waals surface area contributed by atoms with E-state index in [-0.39, 0.29) is 0 Å². The van der Waals surface area contributed by atoms with Crippen molar-refractivity contribution in [3.05, 3.63) is 58.6 Å². The first-order chi connectivity index (χ1) is 10.3. The second kappa shape index (κ2) is 6.15. The highest BCUT2D eigenvalue weighted by atomic mass is 79.9. The molecule has 1 aromatic carbocycles. The largest absolute Gasteiger partial charge is 0.278 e. The zero-order valence-electron chi connectivity index (χ0n) is 10.8. The smallest absolute Gasteiger partial charge is 0.220 e. The van der Waals surface area contributed by atoms with Crippen LogP contribution in [0.1, 0.15) is 0 Å². The van der Waals surface area contributed by atoms with Crippen molar-refractivity contribution in [3.63, 3.8) is 0 Å². The number of hydrogen-bond acceptors (Lipinski definition) is 4. The summed E-state index contributed by atoms with van der Waals surface area (Å²) in [5, 5.41) is 2.56. The Morgan fingerprint density at radius 2 is 2.00 bits per heavy atom. The van der Waals surface area contributed by atoms with E-state index >= 15 is 0 Å². The second-order valence-electron chi connectivity index (χ2n) is 4.21. The Labute approximate surface area is 134 Å². The number of thiazole rings is 1. The number of amides is 1. The molecule has 21 heavy (non-hydrogen) atoms. The topological polar surface area (TPSA) is 46.1 Å². The highest BCUT2D eigenvalue weighted by molar-refractivity contribution is 9.10. The molecule has 0 radical (unpaired) electrons. The zero-order chi connectivity index (χ0) is 14.7. The summed E-state index contributed by atoms with van der Waals surface area (Å²) in [6, 6.07) is 11.5. The van der Waals surface area contributed by atoms with Crippen molar-refractivity contribution in [2.45, 2.75) is 0 Å². The first-order valence-electron chi connectivity index (χ1n) is 6.14. The standard InChI is InChI=1S/C15H10BrN3OS/c16-12-5-3-11(4-6-12)14-9-21-15(18-14)19(10-20)13-2-1-7-17-8-13/h1-10H. The van der Waals surface area contributed by atoms with Gasteiger partial charge in [0.15, 0.2) is 5.13 Å². The molecule has 104 valence electrons. The number of pyridine rings is 1. The minimum atomic E-state index is 0.621. The molecule has 0 aliphatic carbocycles. The van der Waals surface area contributed by atoms with Gasteiger partial charge in [-0.1, -0.05) is 28.1 Å². The Morgan fingerprint density at radius 3 is 2.67 bits per heavy atom. The van der Waals surface area contributed by atoms with Gasteiger partial charge in [-0.2, -0.15) is 0 Å². The van der Waals surface area contributed by atoms with Crippen molar-refractivity contribution in [1.82, 2.24) is 9.97 Å². The van der Waals surface area contributed by atoms with Gasteiger partial charge in [-0.3, -0.25) is 14.7 Å². The number of benzene rings is 1. The summed E-state index contributed by atoms with van der Waals surface area (Å²) < 4.78 is 1.02. The Morgan fingerprint density at radius 1 is 1.19 bits per heavy atom. The predicted molar refractivity (Wildman–Crippen MR) is 87.7 cm³/mol. The number of aromatic nitrogens is 2. The van der Waals surface area contributed by atoms with E-state index in [0.717, 1.165) is 22.1 Å². The summed E-state index contributed by atoms with van der Waals surface area (Å²) in [7, 11) is 0. The first kappa shape index (κ1) is 13.9. The summed E-state index contributed by atoms with van der Waals surface area (Å²) in [5.41, 5.74) is 2.56. The normalized spacial score (nSPS) is 10.3. The predicted octanol–water partition coefficient (Wildman–Crippen LogP) is 4.26. The van der Waals surface area contributed by atoms with E-state index in [9.17, 15) is 4.79 Å². The van der Waals surface area contributed by atoms with Crippen LogP contribution in [0.3, 0.4) is 0 Å². The molecule has 0 aliphatic rings. The van der Waals surface area contributed by atoms with E-state index in [4.69, 9.17) is 0 Å². The number of nitrogens with zero attached hydrogens (tertiary/aromatic N) is 3. The third-order valence-corrected chi connectivity index (χ3v) is 4.24. The Kier molecular flexibility index (Phi) is 4.08. The molecule has 6 heteroatoms. The van der Waals surface area contributed by atoms with Crippen LogP contribution in [0.5, 0.6) is 0 Å². The molecule has 3 rings (SSSR count). The molecule has 2 heterocycles. The van der Waals surface area contributed by atoms with Gasteiger partial charge in [-0.25, -0.2) is 4.98 Å². The Hall–Kier alpha value is -2.05. The minimum Gasteiger partial charge on any atom is -0.278 e. The maximum atomic E-state index is 11.4. The van der Waals surface area contributed by atoms with Crippen molar-refractivity contribution in [2.24, 2.45) is 0 Å². The lowest BCUT2D eigenvalue weighted by Gasteiger charge is -2.12. The first-order valence-corrected chi connectivity index (χ1v) is 7.81. The molecule has 1 amide bonds. The fourth-order valence-electron chi connectivity index (χ4n) is 1.84. The molecule has 0 fully saturated rings. The molecular weight excluding hydrogens is 350 g/mol. The fraction of sp³-hybridized carbons (Fsp3) is 0. The van der Waals surface area contributed by atoms with Gasteiger partial charge in [0.1, 0.15) is 0 Å². The van der Waals surface area contributed by atoms with Gasteiger partial charge < -0.3 is 0 Å². The molecule has 3 aromatic rings. The molecule has 0 unspecified atom stereocenters. The number of carbonyl (C=O) groups excluding carboxylic acids is 1. The van der Waals surface area contributed by atoms with Crippen LogP contribution in [0.25, 0.3) is 11.3 Å². The van der Waals surface area contributed by atoms with Crippen molar-refractivity contribution in [2.75, 3.05) is 4.90 Å². The van der Waals surface area contributed by atoms with E-state index < -0.39 is 0 Å². The molecule has 0 atom stereocenters. The molecule has 0 aliphatic heterocycles. The lowest BCUT2D eigenvalue weighted by Crippen LogP contribution is -2.13. The third kappa shape index (κ3) is 3.01. The van der Waals surface area contributed by atoms with Gasteiger partial charge in [0.05, 0.1) is 17.6 Å². The maximum Gasteiger partial charge on any atom is 0.220 e. The fourth-order valence-corrected chi connectivity index (χ4v) is 2.92. The number of carbonyl (C=O) groups is 1. The van der Waals surface area contributed by atoms with Crippen LogP contribution in [0.4, 0.5) is 10.8 Å². The molecule has 0 bridgehead atoms. The molecule has 2 aromatic heterocycles. The minimum absolute atomic E-state index is 0.621. The molecule has 0 N–H and O–H groups in total. The number of hydrogen-bond donors (Lipinski definition) is 0. The number of halogens is 1. The van der Waals surface area contributed by atoms with Crippen molar-refractivity contribution < 1.29 is 4.79 Å². The van der Waals surface area contributed by atoms with E-state index in [0.29, 0.717) is 10.8 Å². The highest BCUT2D eigenvalue weighted by Crippen LogP contribution is 2.31. The summed E-state index contributed by atoms with van der Waals surface area (Å²) in [5.74, 6) is 0. The van der Waals surface area contributed by atoms with Crippen LogP contribution in [0.15, 0.2) is 58.6 Å². The Balaban J connectivity index is 1.93. The van der Waals surface area contributed by atoms with Crippen LogP contribution in [0, 0.1) is 0 Å². The van der Waals surface area contributed by atoms with Crippen molar-refractivity contribution in [3.8, 4) is 11.3 Å². The maximum absolute atomic E-state index is 11.4. The van der Waals surface area contributed by atoms with E-state index in [2.05, 4.69) is 25.9 Å². The van der Waals surface area contributed by atoms with E-state index in [1.54, 1.807) is 18.5 Å². The van der Waals surface area contributed by atoms with Crippen LogP contribution >= 0.6 is 27.3 Å². The molecular formula is C15H10BrN3OS. The van der Waals surface area contributed by atoms with Crippen molar-refractivity contribution >= 4 is 44.5 Å². The van der Waals surface area contributed by atoms with Crippen molar-refractivity contribution in [1.29, 1.82) is 0 Å². The Bertz CT molecular complexity index is 743. The van der Waals surface area contributed by atoms with Gasteiger partial charge in [0.2, 0.25) is 6.41 Å². The monoisotopic (exact) mass is 359 g/mol. The molecule has 4 nitrogen and oxygen atoms in total. The van der Waals surface area contributed by atoms with Gasteiger partial charge in [0.25, 0.3) is 0 Å². The van der Waals surface area contributed by atoms with Crippen LogP contribution in [-0.2, 0) is 4.79 Å². The second-order valence-corrected chi connectivity index (χ2v) is 5.96. The summed E-state index contributed by atoms with van der Waals surface area (Å²) in [4.78, 5) is 21.4. The van der Waals surface area contributed by atoms with E-state index in [1.807, 2.05) is 35.7 Å². The number of anilines is 2. The quantitative estimate of drug-likeness (QED) is 0.653. The highest BCUT2D eigenvalue weighted by Gasteiger charge is 2.13. The van der Waals surface area contributed by atoms with Gasteiger partial charge in [-0.15, -0.1) is 11.3 Å². The average molecular weight is 360 g/mol. The lowest BCUT2D eigenvalue weighted by molar-refractivity contribution is -0.106. The SMILES string of the molecule is O=CN(c1cccnc1)c1nc(-c2ccc(Br)cc2)cs1. The lowest BCUT2D eigenvalue weighted by atomic mass is 10.2. The molecule has 0 spiro atoms. The van der Waals surface area contributed by atoms with Crippen LogP contribution < -0.4 is 4.90 Å². The third-order valence-electron chi connectivity index (χ3n) is 2.87. The summed E-state index contributed by atoms with van der Waals surface area (Å²) >= 11 is 4.83. The van der Waals surface area contributed by atoms with E-state index in [1.165, 1.54) is 16.2 Å². The zero-order valence-corrected chi connectivity index (χ0v) is 13.2. The van der Waals surface area contributed by atoms with Gasteiger partial charge >= 0.3 is 0 Å². The summed E-state index contributed by atoms with van der Waals surface area (Å²) in [6.45, 7) is 0. The van der Waals surface area contributed by atoms with Gasteiger partial charge in [-0.05, 0) is 24.3 Å². The summed E-state index contributed by atoms with van der Waals surface area (Å²) in [6.07, 6.45) is 4.05. The van der Waals surface area contributed by atoms with Gasteiger partial charge in [0, 0.05) is 21.6 Å².